The van der Waals surface area contributed by atoms with Crippen LogP contribution >= 0.6 is 0 Å². The molecular weight excluding hydrogens is 212 g/mol. The van der Waals surface area contributed by atoms with Crippen LogP contribution in [0, 0.1) is 0 Å². The molecular formula is C14H18N2O. The fourth-order valence-electron chi connectivity index (χ4n) is 2.11. The van der Waals surface area contributed by atoms with Gasteiger partial charge in [-0.3, -0.25) is 4.79 Å². The first-order chi connectivity index (χ1) is 8.33. The summed E-state index contributed by atoms with van der Waals surface area (Å²) in [5.41, 5.74) is 3.06. The topological polar surface area (TPSA) is 41.1 Å². The molecule has 1 amide bonds. The molecule has 0 saturated heterocycles. The summed E-state index contributed by atoms with van der Waals surface area (Å²) >= 11 is 0. The number of nitrogens with one attached hydrogen (secondary N) is 2. The predicted octanol–water partition coefficient (Wildman–Crippen LogP) is 2.35. The lowest BCUT2D eigenvalue weighted by Crippen LogP contribution is -2.26. The van der Waals surface area contributed by atoms with Gasteiger partial charge in [0.2, 0.25) is 0 Å². The zero-order valence-corrected chi connectivity index (χ0v) is 9.96. The van der Waals surface area contributed by atoms with Crippen molar-refractivity contribution in [3.63, 3.8) is 0 Å². The first-order valence-corrected chi connectivity index (χ1v) is 6.08. The van der Waals surface area contributed by atoms with E-state index < -0.39 is 0 Å². The molecule has 17 heavy (non-hydrogen) atoms. The second-order valence-corrected chi connectivity index (χ2v) is 4.20. The summed E-state index contributed by atoms with van der Waals surface area (Å²) < 4.78 is 0. The van der Waals surface area contributed by atoms with Crippen LogP contribution in [0.2, 0.25) is 0 Å². The molecule has 2 rings (SSSR count). The number of fused-ring (bicyclic) bond motifs is 1. The Bertz CT molecular complexity index is 426. The van der Waals surface area contributed by atoms with E-state index >= 15 is 0 Å². The number of benzene rings is 1. The maximum atomic E-state index is 12.0. The van der Waals surface area contributed by atoms with E-state index in [1.807, 2.05) is 24.3 Å². The number of carbonyl (C=O) groups is 1. The molecule has 3 nitrogen and oxygen atoms in total. The molecule has 0 bridgehead atoms. The van der Waals surface area contributed by atoms with Gasteiger partial charge in [-0.2, -0.15) is 0 Å². The first-order valence-electron chi connectivity index (χ1n) is 6.08. The van der Waals surface area contributed by atoms with Crippen molar-refractivity contribution in [2.75, 3.05) is 18.4 Å². The molecule has 0 atom stereocenters. The monoisotopic (exact) mass is 230 g/mol. The lowest BCUT2D eigenvalue weighted by molar-refractivity contribution is 0.0953. The average Bonchev–Trinajstić information content (AvgIpc) is 2.38. The van der Waals surface area contributed by atoms with E-state index in [9.17, 15) is 4.79 Å². The van der Waals surface area contributed by atoms with Crippen molar-refractivity contribution in [1.29, 1.82) is 0 Å². The van der Waals surface area contributed by atoms with Crippen LogP contribution in [-0.4, -0.2) is 19.0 Å². The van der Waals surface area contributed by atoms with Crippen LogP contribution in [-0.2, 0) is 6.42 Å². The molecule has 0 saturated carbocycles. The highest BCUT2D eigenvalue weighted by atomic mass is 16.1. The number of carbonyl (C=O) groups excluding carboxylic acids is 1. The highest BCUT2D eigenvalue weighted by molar-refractivity contribution is 5.97. The van der Waals surface area contributed by atoms with E-state index in [1.165, 1.54) is 0 Å². The standard InChI is InChI=1S/C14H18N2O/c1-2-3-9-16-14(17)12-6-4-8-13-11(12)7-5-10-15-13/h2,4,6,8,15H,1,3,5,7,9-10H2,(H,16,17). The molecule has 1 aromatic rings. The Morgan fingerprint density at radius 2 is 2.41 bits per heavy atom. The van der Waals surface area contributed by atoms with Crippen LogP contribution in [0.15, 0.2) is 30.9 Å². The van der Waals surface area contributed by atoms with Gasteiger partial charge < -0.3 is 10.6 Å². The zero-order valence-electron chi connectivity index (χ0n) is 9.96. The van der Waals surface area contributed by atoms with Gasteiger partial charge in [-0.15, -0.1) is 6.58 Å². The Kier molecular flexibility index (Phi) is 3.81. The lowest BCUT2D eigenvalue weighted by atomic mass is 9.97. The Morgan fingerprint density at radius 3 is 3.24 bits per heavy atom. The van der Waals surface area contributed by atoms with Crippen LogP contribution in [0.5, 0.6) is 0 Å². The lowest BCUT2D eigenvalue weighted by Gasteiger charge is -2.20. The van der Waals surface area contributed by atoms with Gasteiger partial charge in [0.1, 0.15) is 0 Å². The maximum absolute atomic E-state index is 12.0. The molecule has 2 N–H and O–H groups in total. The second-order valence-electron chi connectivity index (χ2n) is 4.20. The Morgan fingerprint density at radius 1 is 1.53 bits per heavy atom. The summed E-state index contributed by atoms with van der Waals surface area (Å²) in [5.74, 6) is 0.0207. The first kappa shape index (κ1) is 11.7. The molecule has 0 unspecified atom stereocenters. The molecule has 90 valence electrons. The molecule has 0 aliphatic carbocycles. The molecule has 1 aromatic carbocycles. The quantitative estimate of drug-likeness (QED) is 0.616. The van der Waals surface area contributed by atoms with E-state index in [2.05, 4.69) is 17.2 Å². The molecule has 3 heteroatoms. The SMILES string of the molecule is C=CCCNC(=O)c1cccc2c1CCCN2. The largest absolute Gasteiger partial charge is 0.385 e. The van der Waals surface area contributed by atoms with Crippen molar-refractivity contribution >= 4 is 11.6 Å². The van der Waals surface area contributed by atoms with E-state index in [4.69, 9.17) is 0 Å². The van der Waals surface area contributed by atoms with Gasteiger partial charge in [0.15, 0.2) is 0 Å². The van der Waals surface area contributed by atoms with Gasteiger partial charge in [0.05, 0.1) is 0 Å². The predicted molar refractivity (Wildman–Crippen MR) is 70.4 cm³/mol. The molecule has 1 aliphatic rings. The van der Waals surface area contributed by atoms with Crippen molar-refractivity contribution in [2.24, 2.45) is 0 Å². The summed E-state index contributed by atoms with van der Waals surface area (Å²) in [6.07, 6.45) is 4.68. The summed E-state index contributed by atoms with van der Waals surface area (Å²) in [6.45, 7) is 5.29. The van der Waals surface area contributed by atoms with E-state index in [-0.39, 0.29) is 5.91 Å². The van der Waals surface area contributed by atoms with Crippen molar-refractivity contribution in [2.45, 2.75) is 19.3 Å². The zero-order chi connectivity index (χ0) is 12.1. The highest BCUT2D eigenvalue weighted by Crippen LogP contribution is 2.25. The molecule has 1 heterocycles. The van der Waals surface area contributed by atoms with Gasteiger partial charge in [-0.25, -0.2) is 0 Å². The fraction of sp³-hybridized carbons (Fsp3) is 0.357. The number of amides is 1. The third kappa shape index (κ3) is 2.67. The summed E-state index contributed by atoms with van der Waals surface area (Å²) in [5, 5.41) is 6.24. The summed E-state index contributed by atoms with van der Waals surface area (Å²) in [6, 6.07) is 5.86. The molecule has 0 fully saturated rings. The third-order valence-corrected chi connectivity index (χ3v) is 2.97. The normalized spacial score (nSPS) is 13.4. The van der Waals surface area contributed by atoms with Crippen molar-refractivity contribution in [1.82, 2.24) is 5.32 Å². The van der Waals surface area contributed by atoms with Crippen molar-refractivity contribution < 1.29 is 4.79 Å². The summed E-state index contributed by atoms with van der Waals surface area (Å²) in [7, 11) is 0. The van der Waals surface area contributed by atoms with Crippen LogP contribution < -0.4 is 10.6 Å². The van der Waals surface area contributed by atoms with E-state index in [0.717, 1.165) is 42.6 Å². The van der Waals surface area contributed by atoms with E-state index in [1.54, 1.807) is 0 Å². The Balaban J connectivity index is 2.14. The number of hydrogen-bond acceptors (Lipinski definition) is 2. The van der Waals surface area contributed by atoms with Crippen LogP contribution in [0.4, 0.5) is 5.69 Å². The highest BCUT2D eigenvalue weighted by Gasteiger charge is 2.16. The molecule has 0 aromatic heterocycles. The average molecular weight is 230 g/mol. The fourth-order valence-corrected chi connectivity index (χ4v) is 2.11. The van der Waals surface area contributed by atoms with Gasteiger partial charge in [-0.05, 0) is 37.0 Å². The van der Waals surface area contributed by atoms with Gasteiger partial charge in [-0.1, -0.05) is 12.1 Å². The van der Waals surface area contributed by atoms with E-state index in [0.29, 0.717) is 6.54 Å². The number of hydrogen-bond donors (Lipinski definition) is 2. The smallest absolute Gasteiger partial charge is 0.251 e. The maximum Gasteiger partial charge on any atom is 0.251 e. The minimum atomic E-state index is 0.0207. The summed E-state index contributed by atoms with van der Waals surface area (Å²) in [4.78, 5) is 12.0. The second kappa shape index (κ2) is 5.53. The minimum absolute atomic E-state index is 0.0207. The van der Waals surface area contributed by atoms with Crippen molar-refractivity contribution in [3.05, 3.63) is 42.0 Å². The van der Waals surface area contributed by atoms with Gasteiger partial charge in [0, 0.05) is 24.3 Å². The Hall–Kier alpha value is -1.77. The van der Waals surface area contributed by atoms with Crippen LogP contribution in [0.25, 0.3) is 0 Å². The van der Waals surface area contributed by atoms with Crippen molar-refractivity contribution in [3.8, 4) is 0 Å². The Labute approximate surface area is 102 Å². The number of rotatable bonds is 4. The molecule has 0 radical (unpaired) electrons. The molecule has 1 aliphatic heterocycles. The number of anilines is 1. The third-order valence-electron chi connectivity index (χ3n) is 2.97. The minimum Gasteiger partial charge on any atom is -0.385 e. The van der Waals surface area contributed by atoms with Crippen LogP contribution in [0.1, 0.15) is 28.8 Å². The molecule has 0 spiro atoms. The van der Waals surface area contributed by atoms with Crippen LogP contribution in [0.3, 0.4) is 0 Å². The van der Waals surface area contributed by atoms with Gasteiger partial charge >= 0.3 is 0 Å². The van der Waals surface area contributed by atoms with Gasteiger partial charge in [0.25, 0.3) is 5.91 Å².